The van der Waals surface area contributed by atoms with E-state index in [4.69, 9.17) is 32.7 Å². The predicted octanol–water partition coefficient (Wildman–Crippen LogP) is 6.35. The van der Waals surface area contributed by atoms with Crippen molar-refractivity contribution in [3.05, 3.63) is 86.1 Å². The molecule has 0 spiro atoms. The van der Waals surface area contributed by atoms with Crippen LogP contribution in [0.4, 0.5) is 10.1 Å². The number of methoxy groups -OCH3 is 1. The Hall–Kier alpha value is -3.14. The maximum atomic E-state index is 13.6. The molecule has 0 aromatic heterocycles. The van der Waals surface area contributed by atoms with Crippen molar-refractivity contribution >= 4 is 62.8 Å². The first-order valence-corrected chi connectivity index (χ1v) is 12.1. The Kier molecular flexibility index (Phi) is 10.1. The standard InChI is InChI=1S/C25H21BrCl2FN3O4/c1-35-22-11-15(10-18(26)25(22)36-14-16-6-7-17(27)12-19(16)28)13-30-32-24(34)9-8-23(33)31-21-5-3-2-4-20(21)29/h2-7,10-13H,8-9,14H2,1H3,(H,31,33)(H,32,34). The number of hydrogen-bond acceptors (Lipinski definition) is 5. The summed E-state index contributed by atoms with van der Waals surface area (Å²) in [5.41, 5.74) is 3.79. The molecule has 0 heterocycles. The second-order valence-electron chi connectivity index (χ2n) is 7.38. The molecule has 0 radical (unpaired) electrons. The van der Waals surface area contributed by atoms with Gasteiger partial charge in [0.15, 0.2) is 11.5 Å². The fourth-order valence-corrected chi connectivity index (χ4v) is 4.02. The summed E-state index contributed by atoms with van der Waals surface area (Å²) in [5.74, 6) is -0.603. The molecule has 36 heavy (non-hydrogen) atoms. The number of anilines is 1. The predicted molar refractivity (Wildman–Crippen MR) is 141 cm³/mol. The summed E-state index contributed by atoms with van der Waals surface area (Å²) in [6.45, 7) is 0.193. The molecule has 0 bridgehead atoms. The van der Waals surface area contributed by atoms with Gasteiger partial charge in [0.05, 0.1) is 23.5 Å². The number of nitrogens with one attached hydrogen (secondary N) is 2. The SMILES string of the molecule is COc1cc(C=NNC(=O)CCC(=O)Nc2ccccc2F)cc(Br)c1OCc1ccc(Cl)cc1Cl. The number of carbonyl (C=O) groups excluding carboxylic acids is 2. The van der Waals surface area contributed by atoms with Crippen molar-refractivity contribution in [2.45, 2.75) is 19.4 Å². The summed E-state index contributed by atoms with van der Waals surface area (Å²) in [6.07, 6.45) is 1.17. The van der Waals surface area contributed by atoms with Crippen LogP contribution in [0.1, 0.15) is 24.0 Å². The van der Waals surface area contributed by atoms with Crippen molar-refractivity contribution in [2.75, 3.05) is 12.4 Å². The number of rotatable bonds is 10. The van der Waals surface area contributed by atoms with E-state index in [1.807, 2.05) is 0 Å². The fourth-order valence-electron chi connectivity index (χ4n) is 2.98. The maximum absolute atomic E-state index is 13.6. The largest absolute Gasteiger partial charge is 0.493 e. The highest BCUT2D eigenvalue weighted by molar-refractivity contribution is 9.10. The second kappa shape index (κ2) is 13.2. The van der Waals surface area contributed by atoms with Gasteiger partial charge in [-0.25, -0.2) is 9.82 Å². The number of carbonyl (C=O) groups is 2. The number of amides is 2. The maximum Gasteiger partial charge on any atom is 0.240 e. The summed E-state index contributed by atoms with van der Waals surface area (Å²) in [6, 6.07) is 14.3. The van der Waals surface area contributed by atoms with E-state index in [9.17, 15) is 14.0 Å². The molecule has 2 N–H and O–H groups in total. The van der Waals surface area contributed by atoms with Crippen molar-refractivity contribution in [3.63, 3.8) is 0 Å². The second-order valence-corrected chi connectivity index (χ2v) is 9.08. The summed E-state index contributed by atoms with van der Waals surface area (Å²) in [4.78, 5) is 24.0. The summed E-state index contributed by atoms with van der Waals surface area (Å²) in [5, 5.41) is 7.35. The van der Waals surface area contributed by atoms with E-state index in [0.717, 1.165) is 5.56 Å². The molecule has 0 fully saturated rings. The van der Waals surface area contributed by atoms with Crippen molar-refractivity contribution in [2.24, 2.45) is 5.10 Å². The lowest BCUT2D eigenvalue weighted by molar-refractivity contribution is -0.124. The van der Waals surface area contributed by atoms with Crippen molar-refractivity contribution < 1.29 is 23.5 Å². The van der Waals surface area contributed by atoms with E-state index >= 15 is 0 Å². The average molecular weight is 597 g/mol. The van der Waals surface area contributed by atoms with Gasteiger partial charge in [-0.2, -0.15) is 5.10 Å². The molecule has 3 aromatic rings. The molecule has 3 aromatic carbocycles. The number of ether oxygens (including phenoxy) is 2. The molecule has 0 saturated heterocycles. The van der Waals surface area contributed by atoms with Gasteiger partial charge in [0.2, 0.25) is 11.8 Å². The van der Waals surface area contributed by atoms with Crippen molar-refractivity contribution in [3.8, 4) is 11.5 Å². The van der Waals surface area contributed by atoms with Gasteiger partial charge in [0.25, 0.3) is 0 Å². The van der Waals surface area contributed by atoms with Crippen LogP contribution < -0.4 is 20.2 Å². The zero-order valence-corrected chi connectivity index (χ0v) is 22.1. The first-order valence-electron chi connectivity index (χ1n) is 10.6. The minimum absolute atomic E-state index is 0.0594. The zero-order chi connectivity index (χ0) is 26.1. The third-order valence-electron chi connectivity index (χ3n) is 4.77. The van der Waals surface area contributed by atoms with Crippen LogP contribution in [0.2, 0.25) is 10.0 Å². The highest BCUT2D eigenvalue weighted by atomic mass is 79.9. The van der Waals surface area contributed by atoms with Gasteiger partial charge in [-0.3, -0.25) is 9.59 Å². The third kappa shape index (κ3) is 7.94. The summed E-state index contributed by atoms with van der Waals surface area (Å²) in [7, 11) is 1.50. The Morgan fingerprint density at radius 3 is 2.56 bits per heavy atom. The van der Waals surface area contributed by atoms with Gasteiger partial charge in [-0.1, -0.05) is 41.4 Å². The van der Waals surface area contributed by atoms with Crippen LogP contribution in [0, 0.1) is 5.82 Å². The van der Waals surface area contributed by atoms with Gasteiger partial charge in [-0.05, 0) is 57.9 Å². The van der Waals surface area contributed by atoms with E-state index < -0.39 is 17.6 Å². The van der Waals surface area contributed by atoms with Gasteiger partial charge in [0, 0.05) is 28.5 Å². The number of halogens is 4. The lowest BCUT2D eigenvalue weighted by Crippen LogP contribution is -2.21. The van der Waals surface area contributed by atoms with Crippen LogP contribution in [-0.4, -0.2) is 25.1 Å². The summed E-state index contributed by atoms with van der Waals surface area (Å²) >= 11 is 15.6. The zero-order valence-electron chi connectivity index (χ0n) is 19.0. The summed E-state index contributed by atoms with van der Waals surface area (Å²) < 4.78 is 25.5. The lowest BCUT2D eigenvalue weighted by Gasteiger charge is -2.14. The topological polar surface area (TPSA) is 89.0 Å². The lowest BCUT2D eigenvalue weighted by atomic mass is 10.2. The molecular weight excluding hydrogens is 576 g/mol. The number of nitrogens with zero attached hydrogens (tertiary/aromatic N) is 1. The quantitative estimate of drug-likeness (QED) is 0.211. The van der Waals surface area contributed by atoms with E-state index in [1.54, 1.807) is 36.4 Å². The molecule has 2 amide bonds. The molecule has 0 aliphatic carbocycles. The van der Waals surface area contributed by atoms with E-state index in [-0.39, 0.29) is 25.1 Å². The van der Waals surface area contributed by atoms with Crippen molar-refractivity contribution in [1.82, 2.24) is 5.43 Å². The van der Waals surface area contributed by atoms with Gasteiger partial charge >= 0.3 is 0 Å². The van der Waals surface area contributed by atoms with Gasteiger partial charge in [-0.15, -0.1) is 0 Å². The molecule has 0 aliphatic heterocycles. The van der Waals surface area contributed by atoms with E-state index in [2.05, 4.69) is 31.8 Å². The molecule has 0 atom stereocenters. The number of benzene rings is 3. The minimum Gasteiger partial charge on any atom is -0.493 e. The molecule has 3 rings (SSSR count). The highest BCUT2D eigenvalue weighted by Crippen LogP contribution is 2.37. The number of hydrogen-bond donors (Lipinski definition) is 2. The third-order valence-corrected chi connectivity index (χ3v) is 5.94. The van der Waals surface area contributed by atoms with Crippen LogP contribution >= 0.6 is 39.1 Å². The van der Waals surface area contributed by atoms with Crippen LogP contribution in [0.5, 0.6) is 11.5 Å². The Bertz CT molecular complexity index is 1290. The van der Waals surface area contributed by atoms with Gasteiger partial charge in [0.1, 0.15) is 12.4 Å². The molecule has 11 heteroatoms. The number of para-hydroxylation sites is 1. The van der Waals surface area contributed by atoms with Crippen LogP contribution in [0.25, 0.3) is 0 Å². The van der Waals surface area contributed by atoms with Crippen LogP contribution in [0.15, 0.2) is 64.2 Å². The van der Waals surface area contributed by atoms with Crippen LogP contribution in [0.3, 0.4) is 0 Å². The molecule has 0 saturated carbocycles. The normalized spacial score (nSPS) is 10.8. The van der Waals surface area contributed by atoms with E-state index in [1.165, 1.54) is 31.5 Å². The Morgan fingerprint density at radius 1 is 1.08 bits per heavy atom. The fraction of sp³-hybridized carbons (Fsp3) is 0.160. The Balaban J connectivity index is 1.54. The molecule has 188 valence electrons. The molecule has 0 aliphatic rings. The average Bonchev–Trinajstić information content (AvgIpc) is 2.84. The van der Waals surface area contributed by atoms with E-state index in [0.29, 0.717) is 31.6 Å². The smallest absolute Gasteiger partial charge is 0.240 e. The highest BCUT2D eigenvalue weighted by Gasteiger charge is 2.13. The Labute approximate surface area is 225 Å². The first kappa shape index (κ1) is 27.4. The molecule has 7 nitrogen and oxygen atoms in total. The number of hydrazone groups is 1. The monoisotopic (exact) mass is 595 g/mol. The molecular formula is C25H21BrCl2FN3O4. The Morgan fingerprint density at radius 2 is 1.83 bits per heavy atom. The molecule has 0 unspecified atom stereocenters. The van der Waals surface area contributed by atoms with Crippen LogP contribution in [-0.2, 0) is 16.2 Å². The minimum atomic E-state index is -0.549. The van der Waals surface area contributed by atoms with Crippen molar-refractivity contribution in [1.29, 1.82) is 0 Å². The van der Waals surface area contributed by atoms with Gasteiger partial charge < -0.3 is 14.8 Å². The first-order chi connectivity index (χ1) is 17.3.